The molecule has 1 amide bonds. The van der Waals surface area contributed by atoms with Gasteiger partial charge in [-0.15, -0.1) is 0 Å². The lowest BCUT2D eigenvalue weighted by molar-refractivity contribution is -0.328. The van der Waals surface area contributed by atoms with Gasteiger partial charge in [0, 0.05) is 0 Å². The number of amides is 1. The van der Waals surface area contributed by atoms with E-state index in [2.05, 4.69) is 10.1 Å². The van der Waals surface area contributed by atoms with Crippen LogP contribution in [0.25, 0.3) is 0 Å². The number of hydrogen-bond donors (Lipinski definition) is 3. The van der Waals surface area contributed by atoms with Crippen LogP contribution in [0.1, 0.15) is 5.56 Å². The van der Waals surface area contributed by atoms with E-state index >= 15 is 0 Å². The Balaban J connectivity index is 1.83. The molecule has 9 heteroatoms. The molecule has 136 valence electrons. The zero-order valence-corrected chi connectivity index (χ0v) is 13.5. The van der Waals surface area contributed by atoms with Crippen LogP contribution in [0.15, 0.2) is 30.3 Å². The molecule has 4 rings (SSSR count). The molecule has 0 spiro atoms. The maximum Gasteiger partial charge on any atom is 0.409 e. The Kier molecular flexibility index (Phi) is 4.91. The molecular formula is C16H19NO8. The summed E-state index contributed by atoms with van der Waals surface area (Å²) in [6.07, 6.45) is -5.49. The van der Waals surface area contributed by atoms with Crippen LogP contribution in [0.5, 0.6) is 0 Å². The average molecular weight is 353 g/mol. The summed E-state index contributed by atoms with van der Waals surface area (Å²) in [5, 5.41) is 22.3. The number of esters is 1. The van der Waals surface area contributed by atoms with Crippen LogP contribution in [0.4, 0.5) is 4.79 Å². The van der Waals surface area contributed by atoms with E-state index in [0.29, 0.717) is 0 Å². The first kappa shape index (κ1) is 17.6. The van der Waals surface area contributed by atoms with Crippen LogP contribution >= 0.6 is 0 Å². The van der Waals surface area contributed by atoms with Gasteiger partial charge < -0.3 is 29.2 Å². The standard InChI is InChI=1S/C16H19NO8/c1-22-15(21)17-16-13(19)12(23-8-9-5-3-2-4-6-9)11(24-14(16)20)10(7-18)25-16/h2-6,10-13,18-19H,7-8H2,1H3,(H,17,21)/t10-,11-,12+,13-,16+/m1/s1. The lowest BCUT2D eigenvalue weighted by atomic mass is 9.87. The van der Waals surface area contributed by atoms with Crippen molar-refractivity contribution in [3.63, 3.8) is 0 Å². The third-order valence-corrected chi connectivity index (χ3v) is 4.24. The third-order valence-electron chi connectivity index (χ3n) is 4.24. The van der Waals surface area contributed by atoms with Gasteiger partial charge in [0.1, 0.15) is 18.3 Å². The molecule has 0 aromatic heterocycles. The predicted molar refractivity (Wildman–Crippen MR) is 81.1 cm³/mol. The number of hydrogen-bond acceptors (Lipinski definition) is 8. The average Bonchev–Trinajstić information content (AvgIpc) is 2.63. The Morgan fingerprint density at radius 2 is 2.08 bits per heavy atom. The number of methoxy groups -OCH3 is 1. The highest BCUT2D eigenvalue weighted by Gasteiger charge is 2.67. The third kappa shape index (κ3) is 3.07. The number of carbonyl (C=O) groups is 2. The van der Waals surface area contributed by atoms with Crippen LogP contribution < -0.4 is 5.32 Å². The zero-order chi connectivity index (χ0) is 18.0. The van der Waals surface area contributed by atoms with Crippen molar-refractivity contribution < 1.29 is 38.7 Å². The second-order valence-corrected chi connectivity index (χ2v) is 5.77. The number of rotatable bonds is 5. The van der Waals surface area contributed by atoms with Gasteiger partial charge in [0.25, 0.3) is 5.72 Å². The number of aliphatic hydroxyl groups excluding tert-OH is 2. The van der Waals surface area contributed by atoms with E-state index in [0.717, 1.165) is 12.7 Å². The van der Waals surface area contributed by atoms with Crippen LogP contribution in [0.2, 0.25) is 0 Å². The molecule has 3 N–H and O–H groups in total. The molecule has 3 saturated heterocycles. The summed E-state index contributed by atoms with van der Waals surface area (Å²) in [5.41, 5.74) is -1.35. The van der Waals surface area contributed by atoms with E-state index in [-0.39, 0.29) is 6.61 Å². The van der Waals surface area contributed by atoms with Crippen molar-refractivity contribution in [1.82, 2.24) is 5.32 Å². The SMILES string of the molecule is COC(=O)N[C@@]12O[C@H](CO)[C@@H](OC1=O)[C@H](OCc1ccccc1)[C@H]2O. The summed E-state index contributed by atoms with van der Waals surface area (Å²) in [6, 6.07) is 9.20. The largest absolute Gasteiger partial charge is 0.453 e. The monoisotopic (exact) mass is 353 g/mol. The lowest BCUT2D eigenvalue weighted by Gasteiger charge is -2.53. The minimum atomic E-state index is -2.20. The molecule has 3 heterocycles. The number of fused-ring (bicyclic) bond motifs is 3. The van der Waals surface area contributed by atoms with Crippen molar-refractivity contribution in [2.24, 2.45) is 0 Å². The minimum absolute atomic E-state index is 0.142. The summed E-state index contributed by atoms with van der Waals surface area (Å²) >= 11 is 0. The van der Waals surface area contributed by atoms with E-state index in [4.69, 9.17) is 14.2 Å². The second kappa shape index (κ2) is 6.96. The van der Waals surface area contributed by atoms with Crippen molar-refractivity contribution in [2.75, 3.05) is 13.7 Å². The maximum atomic E-state index is 12.2. The predicted octanol–water partition coefficient (Wildman–Crippen LogP) is -0.698. The van der Waals surface area contributed by atoms with Crippen molar-refractivity contribution in [1.29, 1.82) is 0 Å². The van der Waals surface area contributed by atoms with Gasteiger partial charge in [-0.1, -0.05) is 30.3 Å². The molecule has 25 heavy (non-hydrogen) atoms. The lowest BCUT2D eigenvalue weighted by Crippen LogP contribution is -2.80. The Morgan fingerprint density at radius 3 is 2.72 bits per heavy atom. The van der Waals surface area contributed by atoms with E-state index in [9.17, 15) is 19.8 Å². The number of ether oxygens (including phenoxy) is 4. The van der Waals surface area contributed by atoms with Gasteiger partial charge in [-0.3, -0.25) is 5.32 Å². The molecule has 3 aliphatic heterocycles. The van der Waals surface area contributed by atoms with E-state index in [1.807, 2.05) is 30.3 Å². The first-order valence-electron chi connectivity index (χ1n) is 7.71. The highest BCUT2D eigenvalue weighted by Crippen LogP contribution is 2.38. The van der Waals surface area contributed by atoms with E-state index in [1.54, 1.807) is 0 Å². The molecule has 1 aromatic rings. The fraction of sp³-hybridized carbons (Fsp3) is 0.500. The number of aliphatic hydroxyl groups is 2. The Hall–Kier alpha value is -2.20. The van der Waals surface area contributed by atoms with Gasteiger partial charge in [-0.25, -0.2) is 9.59 Å². The fourth-order valence-corrected chi connectivity index (χ4v) is 2.97. The molecule has 3 fully saturated rings. The first-order valence-corrected chi connectivity index (χ1v) is 7.71. The molecule has 2 bridgehead atoms. The van der Waals surface area contributed by atoms with Gasteiger partial charge in [-0.05, 0) is 5.56 Å². The number of alkyl carbamates (subject to hydrolysis) is 1. The highest BCUT2D eigenvalue weighted by atomic mass is 16.7. The van der Waals surface area contributed by atoms with Gasteiger partial charge >= 0.3 is 12.1 Å². The topological polar surface area (TPSA) is 124 Å². The van der Waals surface area contributed by atoms with E-state index < -0.39 is 48.8 Å². The normalized spacial score (nSPS) is 33.6. The van der Waals surface area contributed by atoms with Gasteiger partial charge in [-0.2, -0.15) is 0 Å². The van der Waals surface area contributed by atoms with Crippen LogP contribution in [0, 0.1) is 0 Å². The molecule has 0 aliphatic carbocycles. The molecule has 0 unspecified atom stereocenters. The molecule has 5 atom stereocenters. The fourth-order valence-electron chi connectivity index (χ4n) is 2.97. The van der Waals surface area contributed by atoms with Gasteiger partial charge in [0.2, 0.25) is 0 Å². The quantitative estimate of drug-likeness (QED) is 0.594. The molecule has 3 aliphatic rings. The summed E-state index contributed by atoms with van der Waals surface area (Å²) in [6.45, 7) is -0.344. The Labute approximate surface area is 143 Å². The van der Waals surface area contributed by atoms with Crippen molar-refractivity contribution in [3.8, 4) is 0 Å². The summed E-state index contributed by atoms with van der Waals surface area (Å²) in [5.74, 6) is -0.973. The molecular weight excluding hydrogens is 334 g/mol. The molecule has 0 saturated carbocycles. The van der Waals surface area contributed by atoms with Crippen molar-refractivity contribution in [2.45, 2.75) is 36.7 Å². The Bertz CT molecular complexity index is 638. The summed E-state index contributed by atoms with van der Waals surface area (Å²) < 4.78 is 20.9. The summed E-state index contributed by atoms with van der Waals surface area (Å²) in [7, 11) is 1.10. The van der Waals surface area contributed by atoms with Crippen molar-refractivity contribution in [3.05, 3.63) is 35.9 Å². The van der Waals surface area contributed by atoms with Crippen LogP contribution in [-0.2, 0) is 30.3 Å². The van der Waals surface area contributed by atoms with Gasteiger partial charge in [0.05, 0.1) is 20.3 Å². The van der Waals surface area contributed by atoms with Crippen molar-refractivity contribution >= 4 is 12.1 Å². The zero-order valence-electron chi connectivity index (χ0n) is 13.5. The Morgan fingerprint density at radius 1 is 1.36 bits per heavy atom. The maximum absolute atomic E-state index is 12.2. The highest BCUT2D eigenvalue weighted by molar-refractivity contribution is 5.86. The molecule has 9 nitrogen and oxygen atoms in total. The number of benzene rings is 1. The van der Waals surface area contributed by atoms with Crippen LogP contribution in [0.3, 0.4) is 0 Å². The summed E-state index contributed by atoms with van der Waals surface area (Å²) in [4.78, 5) is 23.8. The smallest absolute Gasteiger partial charge is 0.409 e. The number of nitrogens with one attached hydrogen (secondary N) is 1. The second-order valence-electron chi connectivity index (χ2n) is 5.77. The van der Waals surface area contributed by atoms with Gasteiger partial charge in [0.15, 0.2) is 6.10 Å². The van der Waals surface area contributed by atoms with Crippen LogP contribution in [-0.4, -0.2) is 66.1 Å². The van der Waals surface area contributed by atoms with E-state index in [1.165, 1.54) is 0 Å². The number of carbonyl (C=O) groups excluding carboxylic acids is 2. The molecule has 0 radical (unpaired) electrons. The first-order chi connectivity index (χ1) is 12.0. The molecule has 1 aromatic carbocycles. The minimum Gasteiger partial charge on any atom is -0.453 e.